The normalized spacial score (nSPS) is 18.4. The van der Waals surface area contributed by atoms with E-state index in [1.165, 1.54) is 0 Å². The molecule has 1 aliphatic rings. The number of fused-ring (bicyclic) bond motifs is 1. The Balaban J connectivity index is 1.53. The van der Waals surface area contributed by atoms with Gasteiger partial charge < -0.3 is 14.6 Å². The van der Waals surface area contributed by atoms with Crippen LogP contribution in [0.5, 0.6) is 5.75 Å². The molecule has 3 rings (SSSR count). The summed E-state index contributed by atoms with van der Waals surface area (Å²) in [6.07, 6.45) is -0.960. The number of aromatic nitrogens is 2. The van der Waals surface area contributed by atoms with Crippen molar-refractivity contribution in [3.63, 3.8) is 0 Å². The lowest BCUT2D eigenvalue weighted by Crippen LogP contribution is -2.36. The maximum Gasteiger partial charge on any atom is 0.434 e. The molecule has 0 aliphatic carbocycles. The van der Waals surface area contributed by atoms with E-state index < -0.39 is 11.9 Å². The number of hydrogen-bond donors (Lipinski definition) is 1. The van der Waals surface area contributed by atoms with Crippen molar-refractivity contribution in [1.82, 2.24) is 14.9 Å². The van der Waals surface area contributed by atoms with E-state index in [2.05, 4.69) is 17.2 Å². The lowest BCUT2D eigenvalue weighted by atomic mass is 9.98. The van der Waals surface area contributed by atoms with E-state index >= 15 is 0 Å². The molecule has 0 saturated carbocycles. The molecule has 0 bridgehead atoms. The van der Waals surface area contributed by atoms with Crippen LogP contribution >= 0.6 is 0 Å². The SMILES string of the molecule is COc1ccccc1C[C@@H](C)NC[C@H]1CCc2nc(C(F)(F)F)cn2C1. The van der Waals surface area contributed by atoms with E-state index in [1.807, 2.05) is 24.3 Å². The van der Waals surface area contributed by atoms with Gasteiger partial charge in [-0.1, -0.05) is 18.2 Å². The van der Waals surface area contributed by atoms with Gasteiger partial charge in [0.25, 0.3) is 0 Å². The van der Waals surface area contributed by atoms with Gasteiger partial charge >= 0.3 is 6.18 Å². The number of para-hydroxylation sites is 1. The number of imidazole rings is 1. The Hall–Kier alpha value is -2.02. The lowest BCUT2D eigenvalue weighted by Gasteiger charge is -2.26. The standard InChI is InChI=1S/C19H24F3N3O/c1-13(9-15-5-3-4-6-16(15)26-2)23-10-14-7-8-18-24-17(19(20,21)22)12-25(18)11-14/h3-6,12-14,23H,7-11H2,1-2H3/t13-,14-/m1/s1. The molecule has 0 radical (unpaired) electrons. The number of rotatable bonds is 6. The van der Waals surface area contributed by atoms with E-state index in [0.29, 0.717) is 24.7 Å². The molecule has 1 aromatic carbocycles. The van der Waals surface area contributed by atoms with Gasteiger partial charge in [0.2, 0.25) is 0 Å². The number of aryl methyl sites for hydroxylation is 1. The van der Waals surface area contributed by atoms with Crippen LogP contribution in [0.15, 0.2) is 30.5 Å². The maximum atomic E-state index is 12.8. The molecule has 2 atom stereocenters. The molecule has 1 N–H and O–H groups in total. The molecule has 0 saturated heterocycles. The van der Waals surface area contributed by atoms with Crippen molar-refractivity contribution in [1.29, 1.82) is 0 Å². The molecule has 2 aromatic rings. The van der Waals surface area contributed by atoms with Crippen molar-refractivity contribution in [2.75, 3.05) is 13.7 Å². The minimum atomic E-state index is -4.37. The summed E-state index contributed by atoms with van der Waals surface area (Å²) in [4.78, 5) is 3.73. The number of methoxy groups -OCH3 is 1. The van der Waals surface area contributed by atoms with Crippen LogP contribution in [0.2, 0.25) is 0 Å². The number of ether oxygens (including phenoxy) is 1. The van der Waals surface area contributed by atoms with Gasteiger partial charge in [0.1, 0.15) is 11.6 Å². The third-order valence-corrected chi connectivity index (χ3v) is 4.85. The highest BCUT2D eigenvalue weighted by molar-refractivity contribution is 5.33. The molecule has 2 heterocycles. The molecule has 1 aromatic heterocycles. The van der Waals surface area contributed by atoms with Crippen molar-refractivity contribution < 1.29 is 17.9 Å². The van der Waals surface area contributed by atoms with E-state index in [4.69, 9.17) is 4.74 Å². The predicted molar refractivity (Wildman–Crippen MR) is 93.2 cm³/mol. The first-order valence-electron chi connectivity index (χ1n) is 8.85. The Morgan fingerprint density at radius 1 is 1.35 bits per heavy atom. The highest BCUT2D eigenvalue weighted by Gasteiger charge is 2.35. The largest absolute Gasteiger partial charge is 0.496 e. The van der Waals surface area contributed by atoms with Crippen LogP contribution in [0.1, 0.15) is 30.4 Å². The monoisotopic (exact) mass is 367 g/mol. The second-order valence-electron chi connectivity index (χ2n) is 6.92. The fraction of sp³-hybridized carbons (Fsp3) is 0.526. The fourth-order valence-corrected chi connectivity index (χ4v) is 3.46. The fourth-order valence-electron chi connectivity index (χ4n) is 3.46. The topological polar surface area (TPSA) is 39.1 Å². The van der Waals surface area contributed by atoms with E-state index in [1.54, 1.807) is 11.7 Å². The van der Waals surface area contributed by atoms with Crippen molar-refractivity contribution in [3.05, 3.63) is 47.5 Å². The van der Waals surface area contributed by atoms with E-state index in [9.17, 15) is 13.2 Å². The molecule has 4 nitrogen and oxygen atoms in total. The van der Waals surface area contributed by atoms with Crippen molar-refractivity contribution in [2.24, 2.45) is 5.92 Å². The van der Waals surface area contributed by atoms with Gasteiger partial charge in [0.15, 0.2) is 5.69 Å². The molecule has 0 unspecified atom stereocenters. The van der Waals surface area contributed by atoms with Gasteiger partial charge in [-0.05, 0) is 43.9 Å². The molecule has 7 heteroatoms. The Labute approximate surface area is 151 Å². The van der Waals surface area contributed by atoms with Crippen LogP contribution in [-0.4, -0.2) is 29.2 Å². The molecule has 0 amide bonds. The number of hydrogen-bond acceptors (Lipinski definition) is 3. The van der Waals surface area contributed by atoms with Gasteiger partial charge in [-0.3, -0.25) is 0 Å². The van der Waals surface area contributed by atoms with Crippen LogP contribution in [0.4, 0.5) is 13.2 Å². The Morgan fingerprint density at radius 3 is 2.85 bits per heavy atom. The van der Waals surface area contributed by atoms with Crippen molar-refractivity contribution in [2.45, 2.75) is 44.9 Å². The highest BCUT2D eigenvalue weighted by Crippen LogP contribution is 2.30. The van der Waals surface area contributed by atoms with E-state index in [0.717, 1.165) is 36.9 Å². The average Bonchev–Trinajstić information content (AvgIpc) is 3.04. The first-order chi connectivity index (χ1) is 12.4. The maximum absolute atomic E-state index is 12.8. The van der Waals surface area contributed by atoms with Crippen LogP contribution in [0, 0.1) is 5.92 Å². The van der Waals surface area contributed by atoms with Gasteiger partial charge in [0, 0.05) is 25.2 Å². The molecule has 1 aliphatic heterocycles. The average molecular weight is 367 g/mol. The van der Waals surface area contributed by atoms with Crippen molar-refractivity contribution >= 4 is 0 Å². The predicted octanol–water partition coefficient (Wildman–Crippen LogP) is 3.69. The van der Waals surface area contributed by atoms with Gasteiger partial charge in [0.05, 0.1) is 7.11 Å². The number of benzene rings is 1. The second kappa shape index (κ2) is 7.70. The zero-order valence-corrected chi connectivity index (χ0v) is 15.0. The molecular weight excluding hydrogens is 343 g/mol. The number of alkyl halides is 3. The van der Waals surface area contributed by atoms with Gasteiger partial charge in [-0.15, -0.1) is 0 Å². The summed E-state index contributed by atoms with van der Waals surface area (Å²) >= 11 is 0. The minimum absolute atomic E-state index is 0.251. The summed E-state index contributed by atoms with van der Waals surface area (Å²) < 4.78 is 45.4. The molecule has 0 fully saturated rings. The van der Waals surface area contributed by atoms with Gasteiger partial charge in [-0.2, -0.15) is 13.2 Å². The first kappa shape index (κ1) is 18.8. The Bertz CT molecular complexity index is 742. The van der Waals surface area contributed by atoms with Crippen LogP contribution in [-0.2, 0) is 25.6 Å². The zero-order chi connectivity index (χ0) is 18.7. The molecular formula is C19H24F3N3O. The smallest absolute Gasteiger partial charge is 0.434 e. The minimum Gasteiger partial charge on any atom is -0.496 e. The molecule has 142 valence electrons. The number of halogens is 3. The quantitative estimate of drug-likeness (QED) is 0.846. The summed E-state index contributed by atoms with van der Waals surface area (Å²) in [6, 6.07) is 8.18. The molecule has 0 spiro atoms. The van der Waals surface area contributed by atoms with E-state index in [-0.39, 0.29) is 6.04 Å². The van der Waals surface area contributed by atoms with Crippen LogP contribution in [0.3, 0.4) is 0 Å². The van der Waals surface area contributed by atoms with Crippen LogP contribution < -0.4 is 10.1 Å². The zero-order valence-electron chi connectivity index (χ0n) is 15.0. The third kappa shape index (κ3) is 4.38. The molecule has 26 heavy (non-hydrogen) atoms. The Kier molecular flexibility index (Phi) is 5.55. The lowest BCUT2D eigenvalue weighted by molar-refractivity contribution is -0.141. The Morgan fingerprint density at radius 2 is 2.12 bits per heavy atom. The summed E-state index contributed by atoms with van der Waals surface area (Å²) in [6.45, 7) is 3.46. The summed E-state index contributed by atoms with van der Waals surface area (Å²) in [5, 5.41) is 3.51. The first-order valence-corrected chi connectivity index (χ1v) is 8.85. The summed E-state index contributed by atoms with van der Waals surface area (Å²) in [7, 11) is 1.66. The van der Waals surface area contributed by atoms with Gasteiger partial charge in [-0.25, -0.2) is 4.98 Å². The summed E-state index contributed by atoms with van der Waals surface area (Å²) in [5.74, 6) is 1.72. The number of nitrogens with one attached hydrogen (secondary N) is 1. The highest BCUT2D eigenvalue weighted by atomic mass is 19.4. The van der Waals surface area contributed by atoms with Crippen molar-refractivity contribution in [3.8, 4) is 5.75 Å². The summed E-state index contributed by atoms with van der Waals surface area (Å²) in [5.41, 5.74) is 0.357. The second-order valence-corrected chi connectivity index (χ2v) is 6.92. The van der Waals surface area contributed by atoms with Crippen LogP contribution in [0.25, 0.3) is 0 Å². The number of nitrogens with zero attached hydrogens (tertiary/aromatic N) is 2. The third-order valence-electron chi connectivity index (χ3n) is 4.85.